The van der Waals surface area contributed by atoms with Crippen molar-refractivity contribution in [2.24, 2.45) is 4.99 Å². The van der Waals surface area contributed by atoms with Crippen molar-refractivity contribution >= 4 is 39.6 Å². The van der Waals surface area contributed by atoms with E-state index in [1.165, 1.54) is 18.5 Å². The minimum absolute atomic E-state index is 0.0633. The zero-order valence-electron chi connectivity index (χ0n) is 8.10. The predicted molar refractivity (Wildman–Crippen MR) is 63.7 cm³/mol. The van der Waals surface area contributed by atoms with Crippen LogP contribution in [0.15, 0.2) is 28.1 Å². The maximum absolute atomic E-state index is 12.1. The number of benzene rings is 1. The zero-order chi connectivity index (χ0) is 11.8. The Bertz CT molecular complexity index is 522. The lowest BCUT2D eigenvalue weighted by molar-refractivity contribution is 0.541. The lowest BCUT2D eigenvalue weighted by Crippen LogP contribution is -2.28. The molecular weight excluding hydrogens is 271 g/mol. The van der Waals surface area contributed by atoms with Gasteiger partial charge in [0, 0.05) is 0 Å². The molecule has 1 aromatic rings. The molecule has 2 rings (SSSR count). The van der Waals surface area contributed by atoms with Gasteiger partial charge in [0.2, 0.25) is 0 Å². The molecule has 0 atom stereocenters. The zero-order valence-corrected chi connectivity index (χ0v) is 10.4. The number of aliphatic imine (C=N–C) groups is 1. The van der Waals surface area contributed by atoms with Gasteiger partial charge in [-0.1, -0.05) is 29.3 Å². The van der Waals surface area contributed by atoms with Crippen molar-refractivity contribution in [3.63, 3.8) is 0 Å². The van der Waals surface area contributed by atoms with E-state index >= 15 is 0 Å². The first-order chi connectivity index (χ1) is 7.53. The van der Waals surface area contributed by atoms with E-state index in [9.17, 15) is 8.42 Å². The summed E-state index contributed by atoms with van der Waals surface area (Å²) in [5, 5.41) is 0.237. The summed E-state index contributed by atoms with van der Waals surface area (Å²) in [5.41, 5.74) is 0. The van der Waals surface area contributed by atoms with E-state index in [0.717, 1.165) is 4.31 Å². The topological polar surface area (TPSA) is 49.7 Å². The lowest BCUT2D eigenvalue weighted by atomic mass is 10.4. The van der Waals surface area contributed by atoms with Crippen LogP contribution in [0, 0.1) is 0 Å². The van der Waals surface area contributed by atoms with E-state index in [-0.39, 0.29) is 14.9 Å². The summed E-state index contributed by atoms with van der Waals surface area (Å²) >= 11 is 11.7. The maximum atomic E-state index is 12.1. The summed E-state index contributed by atoms with van der Waals surface area (Å²) < 4.78 is 25.4. The van der Waals surface area contributed by atoms with Crippen LogP contribution >= 0.6 is 23.2 Å². The number of halogens is 2. The molecule has 1 heterocycles. The van der Waals surface area contributed by atoms with Crippen molar-refractivity contribution in [1.82, 2.24) is 4.31 Å². The van der Waals surface area contributed by atoms with E-state index in [1.807, 2.05) is 0 Å². The molecular formula is C9H8Cl2N2O2S. The third kappa shape index (κ3) is 1.90. The molecule has 0 spiro atoms. The van der Waals surface area contributed by atoms with Crippen molar-refractivity contribution < 1.29 is 8.42 Å². The Balaban J connectivity index is 2.55. The van der Waals surface area contributed by atoms with Crippen LogP contribution in [0.3, 0.4) is 0 Å². The molecule has 0 aliphatic carbocycles. The van der Waals surface area contributed by atoms with Gasteiger partial charge >= 0.3 is 0 Å². The second-order valence-corrected chi connectivity index (χ2v) is 5.83. The third-order valence-corrected chi connectivity index (χ3v) is 4.85. The Hall–Kier alpha value is -0.780. The number of nitrogens with zero attached hydrogens (tertiary/aromatic N) is 2. The number of rotatable bonds is 2. The fourth-order valence-electron chi connectivity index (χ4n) is 1.39. The Morgan fingerprint density at radius 1 is 1.25 bits per heavy atom. The first-order valence-electron chi connectivity index (χ1n) is 4.49. The number of sulfonamides is 1. The quantitative estimate of drug-likeness (QED) is 0.831. The van der Waals surface area contributed by atoms with E-state index in [2.05, 4.69) is 4.99 Å². The summed E-state index contributed by atoms with van der Waals surface area (Å²) in [6.45, 7) is 0.783. The molecule has 1 aromatic carbocycles. The summed E-state index contributed by atoms with van der Waals surface area (Å²) in [6, 6.07) is 4.59. The van der Waals surface area contributed by atoms with Gasteiger partial charge in [-0.3, -0.25) is 9.30 Å². The Kier molecular flexibility index (Phi) is 3.10. The highest BCUT2D eigenvalue weighted by molar-refractivity contribution is 7.89. The second-order valence-electron chi connectivity index (χ2n) is 3.19. The molecule has 1 aliphatic rings. The van der Waals surface area contributed by atoms with Gasteiger partial charge in [-0.05, 0) is 12.1 Å². The van der Waals surface area contributed by atoms with Crippen LogP contribution in [-0.4, -0.2) is 32.2 Å². The molecule has 0 aromatic heterocycles. The van der Waals surface area contributed by atoms with Crippen LogP contribution in [0.5, 0.6) is 0 Å². The molecule has 0 radical (unpaired) electrons. The highest BCUT2D eigenvalue weighted by atomic mass is 35.5. The highest BCUT2D eigenvalue weighted by Crippen LogP contribution is 2.31. The standard InChI is InChI=1S/C9H8Cl2N2O2S/c10-7-2-1-3-8(11)9(7)16(14,15)13-5-4-12-6-13/h1-3,6H,4-5H2. The minimum atomic E-state index is -3.68. The SMILES string of the molecule is O=S(=O)(c1c(Cl)cccc1Cl)N1C=NCC1. The highest BCUT2D eigenvalue weighted by Gasteiger charge is 2.28. The van der Waals surface area contributed by atoms with Crippen LogP contribution < -0.4 is 0 Å². The van der Waals surface area contributed by atoms with Crippen LogP contribution in [0.1, 0.15) is 0 Å². The Labute approximate surface area is 104 Å². The van der Waals surface area contributed by atoms with Crippen molar-refractivity contribution in [2.45, 2.75) is 4.90 Å². The molecule has 16 heavy (non-hydrogen) atoms. The molecule has 0 amide bonds. The summed E-state index contributed by atoms with van der Waals surface area (Å²) in [7, 11) is -3.68. The van der Waals surface area contributed by atoms with Crippen molar-refractivity contribution in [3.05, 3.63) is 28.2 Å². The molecule has 0 saturated carbocycles. The van der Waals surface area contributed by atoms with Gasteiger partial charge in [0.15, 0.2) is 0 Å². The number of hydrogen-bond acceptors (Lipinski definition) is 3. The van der Waals surface area contributed by atoms with Gasteiger partial charge in [0.25, 0.3) is 10.0 Å². The van der Waals surface area contributed by atoms with Crippen molar-refractivity contribution in [3.8, 4) is 0 Å². The van der Waals surface area contributed by atoms with E-state index in [1.54, 1.807) is 6.07 Å². The molecule has 0 saturated heterocycles. The first-order valence-corrected chi connectivity index (χ1v) is 6.69. The summed E-state index contributed by atoms with van der Waals surface area (Å²) in [5.74, 6) is 0. The van der Waals surface area contributed by atoms with Crippen LogP contribution in [-0.2, 0) is 10.0 Å². The van der Waals surface area contributed by atoms with Gasteiger partial charge in [-0.15, -0.1) is 0 Å². The second kappa shape index (κ2) is 4.24. The average molecular weight is 279 g/mol. The van der Waals surface area contributed by atoms with Crippen LogP contribution in [0.2, 0.25) is 10.0 Å². The van der Waals surface area contributed by atoms with E-state index in [4.69, 9.17) is 23.2 Å². The molecule has 0 bridgehead atoms. The normalized spacial score (nSPS) is 15.8. The molecule has 4 nitrogen and oxygen atoms in total. The largest absolute Gasteiger partial charge is 0.273 e. The van der Waals surface area contributed by atoms with E-state index < -0.39 is 10.0 Å². The monoisotopic (exact) mass is 278 g/mol. The average Bonchev–Trinajstić information content (AvgIpc) is 2.69. The van der Waals surface area contributed by atoms with Gasteiger partial charge in [0.1, 0.15) is 4.90 Å². The van der Waals surface area contributed by atoms with E-state index in [0.29, 0.717) is 13.1 Å². The Morgan fingerprint density at radius 3 is 2.38 bits per heavy atom. The van der Waals surface area contributed by atoms with Gasteiger partial charge < -0.3 is 0 Å². The number of hydrogen-bond donors (Lipinski definition) is 0. The first kappa shape index (κ1) is 11.7. The van der Waals surface area contributed by atoms with Gasteiger partial charge in [-0.2, -0.15) is 0 Å². The maximum Gasteiger partial charge on any atom is 0.268 e. The molecule has 0 fully saturated rings. The minimum Gasteiger partial charge on any atom is -0.273 e. The fourth-order valence-corrected chi connectivity index (χ4v) is 3.75. The van der Waals surface area contributed by atoms with Gasteiger partial charge in [0.05, 0.1) is 29.5 Å². The van der Waals surface area contributed by atoms with Crippen molar-refractivity contribution in [2.75, 3.05) is 13.1 Å². The predicted octanol–water partition coefficient (Wildman–Crippen LogP) is 2.03. The summed E-state index contributed by atoms with van der Waals surface area (Å²) in [4.78, 5) is 3.79. The lowest BCUT2D eigenvalue weighted by Gasteiger charge is -2.16. The van der Waals surface area contributed by atoms with Crippen LogP contribution in [0.4, 0.5) is 0 Å². The molecule has 86 valence electrons. The molecule has 1 aliphatic heterocycles. The fraction of sp³-hybridized carbons (Fsp3) is 0.222. The van der Waals surface area contributed by atoms with Gasteiger partial charge in [-0.25, -0.2) is 8.42 Å². The molecule has 0 unspecified atom stereocenters. The molecule has 0 N–H and O–H groups in total. The third-order valence-electron chi connectivity index (χ3n) is 2.15. The smallest absolute Gasteiger partial charge is 0.268 e. The summed E-state index contributed by atoms with van der Waals surface area (Å²) in [6.07, 6.45) is 1.29. The van der Waals surface area contributed by atoms with Crippen molar-refractivity contribution in [1.29, 1.82) is 0 Å². The molecule has 7 heteroatoms. The van der Waals surface area contributed by atoms with Crippen LogP contribution in [0.25, 0.3) is 0 Å². The Morgan fingerprint density at radius 2 is 1.88 bits per heavy atom.